The van der Waals surface area contributed by atoms with Crippen LogP contribution in [0.2, 0.25) is 0 Å². The Balaban J connectivity index is 1.45. The maximum Gasteiger partial charge on any atom is 0.219 e. The Morgan fingerprint density at radius 1 is 1.33 bits per heavy atom. The molecule has 0 spiro atoms. The Bertz CT molecular complexity index is 841. The molecular formula is C21H25FN4O. The van der Waals surface area contributed by atoms with E-state index >= 15 is 0 Å². The topological polar surface area (TPSA) is 49.3 Å². The van der Waals surface area contributed by atoms with E-state index in [-0.39, 0.29) is 11.7 Å². The van der Waals surface area contributed by atoms with Gasteiger partial charge in [-0.2, -0.15) is 0 Å². The van der Waals surface area contributed by atoms with Crippen molar-refractivity contribution in [1.29, 1.82) is 0 Å². The van der Waals surface area contributed by atoms with Crippen molar-refractivity contribution >= 4 is 5.91 Å². The van der Waals surface area contributed by atoms with Crippen molar-refractivity contribution < 1.29 is 9.18 Å². The first-order chi connectivity index (χ1) is 13.1. The lowest BCUT2D eigenvalue weighted by Gasteiger charge is -2.33. The molecule has 142 valence electrons. The highest BCUT2D eigenvalue weighted by atomic mass is 19.1. The first-order valence-electron chi connectivity index (χ1n) is 9.65. The van der Waals surface area contributed by atoms with E-state index in [1.165, 1.54) is 6.07 Å². The lowest BCUT2D eigenvalue weighted by Crippen LogP contribution is -2.36. The zero-order valence-electron chi connectivity index (χ0n) is 15.7. The van der Waals surface area contributed by atoms with Crippen LogP contribution in [-0.4, -0.2) is 45.3 Å². The van der Waals surface area contributed by atoms with Gasteiger partial charge in [-0.05, 0) is 37.1 Å². The van der Waals surface area contributed by atoms with E-state index in [0.29, 0.717) is 12.5 Å². The quantitative estimate of drug-likeness (QED) is 0.836. The van der Waals surface area contributed by atoms with Crippen LogP contribution in [0.15, 0.2) is 30.5 Å². The van der Waals surface area contributed by atoms with Gasteiger partial charge in [0.25, 0.3) is 0 Å². The second-order valence-corrected chi connectivity index (χ2v) is 7.59. The number of halogens is 1. The monoisotopic (exact) mass is 368 g/mol. The number of likely N-dealkylation sites (tertiary alicyclic amines) is 1. The van der Waals surface area contributed by atoms with Crippen LogP contribution in [0.3, 0.4) is 0 Å². The number of carbonyl (C=O) groups excluding carboxylic acids is 1. The highest BCUT2D eigenvalue weighted by Gasteiger charge is 2.26. The average molecular weight is 368 g/mol. The number of piperidine rings is 1. The molecule has 2 aliphatic heterocycles. The summed E-state index contributed by atoms with van der Waals surface area (Å²) in [6, 6.07) is 6.84. The number of carbonyl (C=O) groups is 1. The predicted octanol–water partition coefficient (Wildman–Crippen LogP) is 2.90. The number of benzene rings is 1. The Morgan fingerprint density at radius 3 is 3.04 bits per heavy atom. The van der Waals surface area contributed by atoms with E-state index in [0.717, 1.165) is 68.1 Å². The lowest BCUT2D eigenvalue weighted by molar-refractivity contribution is -0.129. The van der Waals surface area contributed by atoms with Gasteiger partial charge in [0, 0.05) is 57.2 Å². The zero-order valence-corrected chi connectivity index (χ0v) is 15.7. The Kier molecular flexibility index (Phi) is 5.16. The molecule has 0 unspecified atom stereocenters. The summed E-state index contributed by atoms with van der Waals surface area (Å²) in [5.41, 5.74) is 3.15. The van der Waals surface area contributed by atoms with Crippen molar-refractivity contribution in [1.82, 2.24) is 19.8 Å². The highest BCUT2D eigenvalue weighted by Crippen LogP contribution is 2.27. The van der Waals surface area contributed by atoms with Gasteiger partial charge in [-0.25, -0.2) is 14.4 Å². The SMILES string of the molecule is CC(=O)N1CCc2nc([C@@H]3CCCN(Cc4cccc(F)c4)C3)ncc2C1. The van der Waals surface area contributed by atoms with Crippen molar-refractivity contribution in [2.45, 2.75) is 45.2 Å². The molecule has 0 saturated carbocycles. The molecule has 1 saturated heterocycles. The van der Waals surface area contributed by atoms with Crippen LogP contribution in [0.4, 0.5) is 4.39 Å². The average Bonchev–Trinajstić information content (AvgIpc) is 2.67. The fourth-order valence-corrected chi connectivity index (χ4v) is 4.10. The van der Waals surface area contributed by atoms with Crippen LogP contribution in [0.25, 0.3) is 0 Å². The van der Waals surface area contributed by atoms with Gasteiger partial charge in [-0.3, -0.25) is 9.69 Å². The lowest BCUT2D eigenvalue weighted by atomic mass is 9.96. The van der Waals surface area contributed by atoms with Crippen molar-refractivity contribution in [3.05, 3.63) is 58.9 Å². The molecule has 5 nitrogen and oxygen atoms in total. The Hall–Kier alpha value is -2.34. The van der Waals surface area contributed by atoms with Gasteiger partial charge in [0.05, 0.1) is 5.69 Å². The van der Waals surface area contributed by atoms with E-state index in [1.54, 1.807) is 19.1 Å². The molecule has 4 rings (SSSR count). The van der Waals surface area contributed by atoms with Crippen LogP contribution < -0.4 is 0 Å². The molecule has 0 aliphatic carbocycles. The minimum atomic E-state index is -0.182. The van der Waals surface area contributed by atoms with Crippen LogP contribution in [0.1, 0.15) is 48.3 Å². The van der Waals surface area contributed by atoms with Gasteiger partial charge >= 0.3 is 0 Å². The van der Waals surface area contributed by atoms with Gasteiger partial charge in [0.15, 0.2) is 0 Å². The molecule has 0 radical (unpaired) electrons. The molecule has 1 aromatic heterocycles. The maximum absolute atomic E-state index is 13.4. The largest absolute Gasteiger partial charge is 0.338 e. The summed E-state index contributed by atoms with van der Waals surface area (Å²) in [5, 5.41) is 0. The molecule has 0 N–H and O–H groups in total. The fraction of sp³-hybridized carbons (Fsp3) is 0.476. The molecule has 1 aromatic carbocycles. The van der Waals surface area contributed by atoms with Gasteiger partial charge in [-0.1, -0.05) is 12.1 Å². The van der Waals surface area contributed by atoms with Crippen molar-refractivity contribution in [3.8, 4) is 0 Å². The summed E-state index contributed by atoms with van der Waals surface area (Å²) in [6.07, 6.45) is 4.87. The number of nitrogens with zero attached hydrogens (tertiary/aromatic N) is 4. The van der Waals surface area contributed by atoms with Gasteiger partial charge in [-0.15, -0.1) is 0 Å². The van der Waals surface area contributed by atoms with Crippen molar-refractivity contribution in [2.75, 3.05) is 19.6 Å². The van der Waals surface area contributed by atoms with Crippen LogP contribution in [0, 0.1) is 5.82 Å². The minimum absolute atomic E-state index is 0.102. The normalized spacial score (nSPS) is 20.4. The summed E-state index contributed by atoms with van der Waals surface area (Å²) >= 11 is 0. The van der Waals surface area contributed by atoms with Crippen LogP contribution >= 0.6 is 0 Å². The first-order valence-corrected chi connectivity index (χ1v) is 9.65. The minimum Gasteiger partial charge on any atom is -0.338 e. The van der Waals surface area contributed by atoms with E-state index in [4.69, 9.17) is 4.98 Å². The third-order valence-electron chi connectivity index (χ3n) is 5.56. The molecule has 1 amide bonds. The molecule has 1 atom stereocenters. The standard InChI is InChI=1S/C21H25FN4O/c1-15(27)26-9-7-20-18(14-26)11-23-21(24-20)17-5-3-8-25(13-17)12-16-4-2-6-19(22)10-16/h2,4,6,10-11,17H,3,5,7-9,12-14H2,1H3/t17-/m1/s1. The molecule has 2 aromatic rings. The predicted molar refractivity (Wildman–Crippen MR) is 100 cm³/mol. The zero-order chi connectivity index (χ0) is 18.8. The number of fused-ring (bicyclic) bond motifs is 1. The number of rotatable bonds is 3. The number of hydrogen-bond donors (Lipinski definition) is 0. The summed E-state index contributed by atoms with van der Waals surface area (Å²) in [5.74, 6) is 1.14. The summed E-state index contributed by atoms with van der Waals surface area (Å²) < 4.78 is 13.4. The molecule has 0 bridgehead atoms. The van der Waals surface area contributed by atoms with Crippen molar-refractivity contribution in [3.63, 3.8) is 0 Å². The molecule has 2 aliphatic rings. The van der Waals surface area contributed by atoms with Crippen LogP contribution in [0.5, 0.6) is 0 Å². The third kappa shape index (κ3) is 4.16. The number of aromatic nitrogens is 2. The van der Waals surface area contributed by atoms with E-state index in [9.17, 15) is 9.18 Å². The van der Waals surface area contributed by atoms with E-state index in [1.807, 2.05) is 17.2 Å². The third-order valence-corrected chi connectivity index (χ3v) is 5.56. The summed E-state index contributed by atoms with van der Waals surface area (Å²) in [6.45, 7) is 5.62. The Labute approximate surface area is 159 Å². The summed E-state index contributed by atoms with van der Waals surface area (Å²) in [7, 11) is 0. The molecule has 1 fully saturated rings. The number of hydrogen-bond acceptors (Lipinski definition) is 4. The number of amides is 1. The summed E-state index contributed by atoms with van der Waals surface area (Å²) in [4.78, 5) is 25.3. The van der Waals surface area contributed by atoms with Gasteiger partial charge in [0.2, 0.25) is 5.91 Å². The van der Waals surface area contributed by atoms with Crippen LogP contribution in [-0.2, 0) is 24.3 Å². The Morgan fingerprint density at radius 2 is 2.22 bits per heavy atom. The van der Waals surface area contributed by atoms with E-state index in [2.05, 4.69) is 9.88 Å². The second-order valence-electron chi connectivity index (χ2n) is 7.59. The molecular weight excluding hydrogens is 343 g/mol. The molecule has 3 heterocycles. The first kappa shape index (κ1) is 18.0. The highest BCUT2D eigenvalue weighted by molar-refractivity contribution is 5.73. The van der Waals surface area contributed by atoms with Gasteiger partial charge < -0.3 is 4.90 Å². The molecule has 6 heteroatoms. The molecule has 27 heavy (non-hydrogen) atoms. The smallest absolute Gasteiger partial charge is 0.219 e. The second kappa shape index (κ2) is 7.72. The maximum atomic E-state index is 13.4. The van der Waals surface area contributed by atoms with Gasteiger partial charge in [0.1, 0.15) is 11.6 Å². The van der Waals surface area contributed by atoms with E-state index < -0.39 is 0 Å². The van der Waals surface area contributed by atoms with Crippen molar-refractivity contribution in [2.24, 2.45) is 0 Å². The fourth-order valence-electron chi connectivity index (χ4n) is 4.10.